The van der Waals surface area contributed by atoms with Gasteiger partial charge in [-0.3, -0.25) is 10.1 Å². The van der Waals surface area contributed by atoms with Crippen LogP contribution < -0.4 is 10.1 Å². The van der Waals surface area contributed by atoms with Crippen LogP contribution in [0.1, 0.15) is 60.5 Å². The van der Waals surface area contributed by atoms with Gasteiger partial charge in [-0.15, -0.1) is 5.10 Å². The van der Waals surface area contributed by atoms with Crippen LogP contribution in [-0.4, -0.2) is 22.7 Å². The number of hydrogen-bond acceptors (Lipinski definition) is 5. The van der Waals surface area contributed by atoms with Crippen molar-refractivity contribution in [2.24, 2.45) is 0 Å². The van der Waals surface area contributed by atoms with Gasteiger partial charge >= 0.3 is 6.01 Å². The van der Waals surface area contributed by atoms with E-state index < -0.39 is 0 Å². The number of aromatic nitrogens is 2. The molecular formula is C23H27N3O3. The van der Waals surface area contributed by atoms with Gasteiger partial charge in [0, 0.05) is 5.56 Å². The zero-order chi connectivity index (χ0) is 20.5. The van der Waals surface area contributed by atoms with Crippen LogP contribution in [0.25, 0.3) is 0 Å². The number of carbonyl (C=O) groups is 1. The molecule has 0 aliphatic heterocycles. The van der Waals surface area contributed by atoms with E-state index in [9.17, 15) is 4.79 Å². The highest BCUT2D eigenvalue weighted by atomic mass is 16.5. The van der Waals surface area contributed by atoms with Crippen LogP contribution in [0.4, 0.5) is 6.01 Å². The molecule has 1 N–H and O–H groups in total. The fourth-order valence-corrected chi connectivity index (χ4v) is 2.88. The predicted octanol–water partition coefficient (Wildman–Crippen LogP) is 5.04. The molecule has 0 saturated carbocycles. The van der Waals surface area contributed by atoms with E-state index >= 15 is 0 Å². The largest absolute Gasteiger partial charge is 0.494 e. The number of unbranched alkanes of at least 4 members (excludes halogenated alkanes) is 2. The summed E-state index contributed by atoms with van der Waals surface area (Å²) in [5.74, 6) is 0.819. The molecule has 1 amide bonds. The van der Waals surface area contributed by atoms with Gasteiger partial charge in [0.15, 0.2) is 0 Å². The quantitative estimate of drug-likeness (QED) is 0.488. The molecule has 6 heteroatoms. The van der Waals surface area contributed by atoms with E-state index in [1.807, 2.05) is 18.2 Å². The van der Waals surface area contributed by atoms with Crippen molar-refractivity contribution in [3.63, 3.8) is 0 Å². The molecule has 0 aliphatic rings. The summed E-state index contributed by atoms with van der Waals surface area (Å²) in [4.78, 5) is 12.5. The minimum atomic E-state index is -0.313. The van der Waals surface area contributed by atoms with Gasteiger partial charge in [0.05, 0.1) is 13.0 Å². The van der Waals surface area contributed by atoms with Gasteiger partial charge in [-0.25, -0.2) is 0 Å². The van der Waals surface area contributed by atoms with Crippen molar-refractivity contribution < 1.29 is 13.9 Å². The van der Waals surface area contributed by atoms with Gasteiger partial charge in [-0.05, 0) is 42.2 Å². The zero-order valence-corrected chi connectivity index (χ0v) is 17.0. The number of rotatable bonds is 10. The number of ether oxygens (including phenoxy) is 1. The highest BCUT2D eigenvalue weighted by molar-refractivity contribution is 6.03. The lowest BCUT2D eigenvalue weighted by atomic mass is 10.1. The minimum absolute atomic E-state index is 0.0874. The van der Waals surface area contributed by atoms with Gasteiger partial charge < -0.3 is 9.15 Å². The summed E-state index contributed by atoms with van der Waals surface area (Å²) in [6.07, 6.45) is 4.79. The van der Waals surface area contributed by atoms with Crippen LogP contribution in [0.5, 0.6) is 5.75 Å². The number of anilines is 1. The molecule has 3 rings (SSSR count). The first-order valence-corrected chi connectivity index (χ1v) is 10.1. The SMILES string of the molecule is CCCCCOc1cccc(C(=O)Nc2nnc(Cc3ccc(CC)cc3)o2)c1. The molecule has 3 aromatic rings. The highest BCUT2D eigenvalue weighted by Gasteiger charge is 2.13. The molecule has 0 spiro atoms. The maximum atomic E-state index is 12.5. The Morgan fingerprint density at radius 1 is 1.03 bits per heavy atom. The number of nitrogens with zero attached hydrogens (tertiary/aromatic N) is 2. The van der Waals surface area contributed by atoms with Crippen LogP contribution in [-0.2, 0) is 12.8 Å². The van der Waals surface area contributed by atoms with E-state index in [4.69, 9.17) is 9.15 Å². The Bertz CT molecular complexity index is 919. The maximum Gasteiger partial charge on any atom is 0.322 e. The molecule has 6 nitrogen and oxygen atoms in total. The minimum Gasteiger partial charge on any atom is -0.494 e. The van der Waals surface area contributed by atoms with Crippen molar-refractivity contribution in [2.75, 3.05) is 11.9 Å². The molecule has 152 valence electrons. The maximum absolute atomic E-state index is 12.5. The average Bonchev–Trinajstić information content (AvgIpc) is 3.18. The van der Waals surface area contributed by atoms with Gasteiger partial charge in [-0.1, -0.05) is 62.1 Å². The van der Waals surface area contributed by atoms with Gasteiger partial charge in [0.2, 0.25) is 5.89 Å². The predicted molar refractivity (Wildman–Crippen MR) is 112 cm³/mol. The molecule has 0 saturated heterocycles. The monoisotopic (exact) mass is 393 g/mol. The summed E-state index contributed by atoms with van der Waals surface area (Å²) in [5, 5.41) is 10.6. The second kappa shape index (κ2) is 10.4. The Balaban J connectivity index is 1.56. The third kappa shape index (κ3) is 6.17. The Hall–Kier alpha value is -3.15. The molecule has 29 heavy (non-hydrogen) atoms. The van der Waals surface area contributed by atoms with Crippen LogP contribution in [0.3, 0.4) is 0 Å². The Labute approximate surface area is 171 Å². The standard InChI is InChI=1S/C23H27N3O3/c1-3-5-6-14-28-20-9-7-8-19(16-20)22(27)24-23-26-25-21(29-23)15-18-12-10-17(4-2)11-13-18/h7-13,16H,3-6,14-15H2,1-2H3,(H,24,26,27). The van der Waals surface area contributed by atoms with E-state index in [1.54, 1.807) is 18.2 Å². The number of amides is 1. The molecular weight excluding hydrogens is 366 g/mol. The van der Waals surface area contributed by atoms with Crippen molar-refractivity contribution in [2.45, 2.75) is 46.0 Å². The van der Waals surface area contributed by atoms with Gasteiger partial charge in [-0.2, -0.15) is 0 Å². The Kier molecular flexibility index (Phi) is 7.39. The fraction of sp³-hybridized carbons (Fsp3) is 0.348. The first-order valence-electron chi connectivity index (χ1n) is 10.1. The second-order valence-corrected chi connectivity index (χ2v) is 6.89. The molecule has 1 heterocycles. The lowest BCUT2D eigenvalue weighted by Crippen LogP contribution is -2.12. The third-order valence-electron chi connectivity index (χ3n) is 4.59. The van der Waals surface area contributed by atoms with Gasteiger partial charge in [0.25, 0.3) is 5.91 Å². The third-order valence-corrected chi connectivity index (χ3v) is 4.59. The zero-order valence-electron chi connectivity index (χ0n) is 17.0. The molecule has 0 bridgehead atoms. The summed E-state index contributed by atoms with van der Waals surface area (Å²) in [5.41, 5.74) is 2.84. The summed E-state index contributed by atoms with van der Waals surface area (Å²) < 4.78 is 11.3. The van der Waals surface area contributed by atoms with Crippen molar-refractivity contribution in [1.29, 1.82) is 0 Å². The summed E-state index contributed by atoms with van der Waals surface area (Å²) in [6, 6.07) is 15.4. The van der Waals surface area contributed by atoms with E-state index in [-0.39, 0.29) is 11.9 Å². The van der Waals surface area contributed by atoms with Crippen LogP contribution in [0.2, 0.25) is 0 Å². The summed E-state index contributed by atoms with van der Waals surface area (Å²) in [6.45, 7) is 4.91. The average molecular weight is 393 g/mol. The first kappa shape index (κ1) is 20.6. The topological polar surface area (TPSA) is 77.2 Å². The second-order valence-electron chi connectivity index (χ2n) is 6.89. The lowest BCUT2D eigenvalue weighted by molar-refractivity contribution is 0.102. The molecule has 1 aromatic heterocycles. The normalized spacial score (nSPS) is 10.7. The summed E-state index contributed by atoms with van der Waals surface area (Å²) in [7, 11) is 0. The van der Waals surface area contributed by atoms with Crippen LogP contribution in [0, 0.1) is 0 Å². The highest BCUT2D eigenvalue weighted by Crippen LogP contribution is 2.17. The van der Waals surface area contributed by atoms with Crippen LogP contribution in [0.15, 0.2) is 52.9 Å². The molecule has 0 atom stereocenters. The number of benzene rings is 2. The van der Waals surface area contributed by atoms with Crippen molar-refractivity contribution >= 4 is 11.9 Å². The smallest absolute Gasteiger partial charge is 0.322 e. The van der Waals surface area contributed by atoms with Gasteiger partial charge in [0.1, 0.15) is 5.75 Å². The van der Waals surface area contributed by atoms with E-state index in [2.05, 4.69) is 41.5 Å². The number of carbonyl (C=O) groups excluding carboxylic acids is 1. The Morgan fingerprint density at radius 2 is 1.83 bits per heavy atom. The summed E-state index contributed by atoms with van der Waals surface area (Å²) >= 11 is 0. The number of nitrogens with one attached hydrogen (secondary N) is 1. The van der Waals surface area contributed by atoms with Crippen LogP contribution >= 0.6 is 0 Å². The number of hydrogen-bond donors (Lipinski definition) is 1. The molecule has 0 fully saturated rings. The number of aryl methyl sites for hydroxylation is 1. The van der Waals surface area contributed by atoms with E-state index in [0.717, 1.165) is 31.2 Å². The van der Waals surface area contributed by atoms with E-state index in [0.29, 0.717) is 30.2 Å². The first-order chi connectivity index (χ1) is 14.2. The molecule has 2 aromatic carbocycles. The fourth-order valence-electron chi connectivity index (χ4n) is 2.88. The van der Waals surface area contributed by atoms with Crippen molar-refractivity contribution in [3.8, 4) is 5.75 Å². The lowest BCUT2D eigenvalue weighted by Gasteiger charge is -2.07. The molecule has 0 radical (unpaired) electrons. The molecule has 0 aliphatic carbocycles. The van der Waals surface area contributed by atoms with Crippen molar-refractivity contribution in [3.05, 3.63) is 71.1 Å². The molecule has 0 unspecified atom stereocenters. The van der Waals surface area contributed by atoms with Crippen molar-refractivity contribution in [1.82, 2.24) is 10.2 Å². The van der Waals surface area contributed by atoms with E-state index in [1.165, 1.54) is 5.56 Å². The Morgan fingerprint density at radius 3 is 2.59 bits per heavy atom.